The summed E-state index contributed by atoms with van der Waals surface area (Å²) in [6, 6.07) is 14.9. The number of benzene rings is 2. The third-order valence-corrected chi connectivity index (χ3v) is 7.27. The van der Waals surface area contributed by atoms with Crippen molar-refractivity contribution in [2.45, 2.75) is 112 Å². The summed E-state index contributed by atoms with van der Waals surface area (Å²) in [4.78, 5) is 63.1. The van der Waals surface area contributed by atoms with Crippen LogP contribution in [0.15, 0.2) is 60.7 Å². The topological polar surface area (TPSA) is 170 Å². The Balaban J connectivity index is 0.000000324. The van der Waals surface area contributed by atoms with Crippen molar-refractivity contribution in [3.63, 3.8) is 0 Å². The lowest BCUT2D eigenvalue weighted by molar-refractivity contribution is -0.154. The van der Waals surface area contributed by atoms with Gasteiger partial charge in [0.25, 0.3) is 0 Å². The van der Waals surface area contributed by atoms with Gasteiger partial charge in [-0.3, -0.25) is 9.48 Å². The smallest absolute Gasteiger partial charge is 0.425 e. The van der Waals surface area contributed by atoms with Gasteiger partial charge in [0.2, 0.25) is 0 Å². The van der Waals surface area contributed by atoms with E-state index in [1.54, 1.807) is 100 Å². The van der Waals surface area contributed by atoms with Gasteiger partial charge in [-0.2, -0.15) is 15.1 Å². The standard InChI is InChI=1S/C23H30FN3O6.C19H23FN2O4/c1-8-31-19(28)17-13-18(26(25-17)14-15-11-9-10-12-16(15)24)27(20(29)32-22(2,3)4)21(30)33-23(5,6)7;1-5-25-18(24)16-10-14(11-17(23)26-19(2,3)4)22(21-16)12-13-8-6-7-9-15(13)20/h9-13H,8,14H2,1-7H3;6-10H,5,11-12H2,1-4H3. The molecule has 17 heteroatoms. The second-order valence-corrected chi connectivity index (χ2v) is 15.9. The van der Waals surface area contributed by atoms with Gasteiger partial charge in [0.05, 0.1) is 38.4 Å². The summed E-state index contributed by atoms with van der Waals surface area (Å²) >= 11 is 0. The molecule has 59 heavy (non-hydrogen) atoms. The van der Waals surface area contributed by atoms with Gasteiger partial charge in [0, 0.05) is 17.2 Å². The molecule has 320 valence electrons. The number of esters is 3. The maximum atomic E-state index is 14.3. The van der Waals surface area contributed by atoms with Gasteiger partial charge in [0.1, 0.15) is 34.3 Å². The van der Waals surface area contributed by atoms with Crippen LogP contribution in [-0.4, -0.2) is 79.7 Å². The third kappa shape index (κ3) is 15.0. The van der Waals surface area contributed by atoms with Crippen LogP contribution in [0.1, 0.15) is 114 Å². The minimum absolute atomic E-state index is 0.0711. The lowest BCUT2D eigenvalue weighted by Gasteiger charge is -2.28. The van der Waals surface area contributed by atoms with Crippen molar-refractivity contribution in [3.05, 3.63) is 101 Å². The van der Waals surface area contributed by atoms with Crippen LogP contribution in [0.2, 0.25) is 0 Å². The van der Waals surface area contributed by atoms with E-state index in [-0.39, 0.29) is 61.3 Å². The molecule has 0 radical (unpaired) electrons. The van der Waals surface area contributed by atoms with Gasteiger partial charge in [-0.1, -0.05) is 36.4 Å². The van der Waals surface area contributed by atoms with Crippen LogP contribution in [0.5, 0.6) is 0 Å². The van der Waals surface area contributed by atoms with Gasteiger partial charge in [0.15, 0.2) is 11.4 Å². The Bertz CT molecular complexity index is 2080. The normalized spacial score (nSPS) is 11.5. The minimum Gasteiger partial charge on any atom is -0.461 e. The van der Waals surface area contributed by atoms with Crippen molar-refractivity contribution in [1.82, 2.24) is 19.6 Å². The average molecular weight is 826 g/mol. The first kappa shape index (κ1) is 47.2. The van der Waals surface area contributed by atoms with Gasteiger partial charge in [-0.25, -0.2) is 32.6 Å². The van der Waals surface area contributed by atoms with Gasteiger partial charge < -0.3 is 23.7 Å². The van der Waals surface area contributed by atoms with Crippen LogP contribution in [0.25, 0.3) is 0 Å². The Morgan fingerprint density at radius 1 is 0.610 bits per heavy atom. The molecular formula is C42H53F2N5O10. The van der Waals surface area contributed by atoms with E-state index in [0.29, 0.717) is 16.2 Å². The second kappa shape index (κ2) is 20.0. The maximum absolute atomic E-state index is 14.3. The van der Waals surface area contributed by atoms with Crippen molar-refractivity contribution in [1.29, 1.82) is 0 Å². The first-order chi connectivity index (χ1) is 27.4. The Kier molecular flexibility index (Phi) is 16.0. The maximum Gasteiger partial charge on any atom is 0.425 e. The van der Waals surface area contributed by atoms with Gasteiger partial charge >= 0.3 is 30.1 Å². The van der Waals surface area contributed by atoms with E-state index in [1.807, 2.05) is 0 Å². The molecule has 15 nitrogen and oxygen atoms in total. The molecular weight excluding hydrogens is 772 g/mol. The molecule has 0 N–H and O–H groups in total. The highest BCUT2D eigenvalue weighted by molar-refractivity contribution is 6.09. The molecule has 0 spiro atoms. The number of hydrogen-bond acceptors (Lipinski definition) is 12. The molecule has 4 aromatic rings. The molecule has 2 heterocycles. The number of halogens is 2. The SMILES string of the molecule is CCOC(=O)c1cc(CC(=O)OC(C)(C)C)n(Cc2ccccc2F)n1.CCOC(=O)c1cc(N(C(=O)OC(C)(C)C)C(=O)OC(C)(C)C)n(Cc2ccccc2F)n1. The third-order valence-electron chi connectivity index (χ3n) is 7.27. The summed E-state index contributed by atoms with van der Waals surface area (Å²) in [6.07, 6.45) is -2.17. The molecule has 0 aliphatic rings. The van der Waals surface area contributed by atoms with Crippen LogP contribution in [0, 0.1) is 11.6 Å². The van der Waals surface area contributed by atoms with Gasteiger partial charge in [-0.05, 0) is 94.4 Å². The fraction of sp³-hybridized carbons (Fsp3) is 0.452. The monoisotopic (exact) mass is 825 g/mol. The molecule has 4 rings (SSSR count). The predicted octanol–water partition coefficient (Wildman–Crippen LogP) is 8.06. The van der Waals surface area contributed by atoms with Crippen LogP contribution < -0.4 is 4.90 Å². The Hall–Kier alpha value is -6.13. The molecule has 0 fully saturated rings. The lowest BCUT2D eigenvalue weighted by atomic mass is 10.2. The molecule has 0 aliphatic carbocycles. The molecule has 2 amide bonds. The second-order valence-electron chi connectivity index (χ2n) is 15.9. The molecule has 0 saturated heterocycles. The minimum atomic E-state index is -1.04. The fourth-order valence-electron chi connectivity index (χ4n) is 5.03. The summed E-state index contributed by atoms with van der Waals surface area (Å²) < 4.78 is 56.9. The zero-order chi connectivity index (χ0) is 44.3. The molecule has 0 saturated carbocycles. The highest BCUT2D eigenvalue weighted by atomic mass is 19.1. The highest BCUT2D eigenvalue weighted by Gasteiger charge is 2.36. The fourth-order valence-corrected chi connectivity index (χ4v) is 5.03. The number of aromatic nitrogens is 4. The summed E-state index contributed by atoms with van der Waals surface area (Å²) in [5.41, 5.74) is -1.51. The average Bonchev–Trinajstić information content (AvgIpc) is 3.69. The van der Waals surface area contributed by atoms with Crippen LogP contribution in [-0.2, 0) is 48.0 Å². The van der Waals surface area contributed by atoms with E-state index in [1.165, 1.54) is 41.1 Å². The van der Waals surface area contributed by atoms with Crippen molar-refractivity contribution in [2.24, 2.45) is 0 Å². The van der Waals surface area contributed by atoms with E-state index in [9.17, 15) is 32.8 Å². The van der Waals surface area contributed by atoms with Gasteiger partial charge in [-0.15, -0.1) is 0 Å². The van der Waals surface area contributed by atoms with E-state index in [4.69, 9.17) is 23.7 Å². The summed E-state index contributed by atoms with van der Waals surface area (Å²) in [6.45, 7) is 18.7. The van der Waals surface area contributed by atoms with Crippen molar-refractivity contribution in [2.75, 3.05) is 18.1 Å². The quantitative estimate of drug-likeness (QED) is 0.105. The number of nitrogens with zero attached hydrogens (tertiary/aromatic N) is 5. The van der Waals surface area contributed by atoms with E-state index in [2.05, 4.69) is 10.2 Å². The zero-order valence-electron chi connectivity index (χ0n) is 35.4. The Morgan fingerprint density at radius 3 is 1.44 bits per heavy atom. The van der Waals surface area contributed by atoms with Crippen LogP contribution in [0.3, 0.4) is 0 Å². The van der Waals surface area contributed by atoms with Crippen molar-refractivity contribution >= 4 is 35.9 Å². The number of amides is 2. The molecule has 0 aliphatic heterocycles. The molecule has 0 atom stereocenters. The Morgan fingerprint density at radius 2 is 1.02 bits per heavy atom. The number of imide groups is 1. The summed E-state index contributed by atoms with van der Waals surface area (Å²) in [7, 11) is 0. The van der Waals surface area contributed by atoms with Crippen molar-refractivity contribution < 1.29 is 56.4 Å². The van der Waals surface area contributed by atoms with E-state index < -0.39 is 52.7 Å². The largest absolute Gasteiger partial charge is 0.461 e. The van der Waals surface area contributed by atoms with Crippen LogP contribution in [0.4, 0.5) is 24.2 Å². The summed E-state index contributed by atoms with van der Waals surface area (Å²) in [5.74, 6) is -2.85. The highest BCUT2D eigenvalue weighted by Crippen LogP contribution is 2.25. The number of rotatable bonds is 11. The summed E-state index contributed by atoms with van der Waals surface area (Å²) in [5, 5.41) is 8.34. The zero-order valence-corrected chi connectivity index (χ0v) is 35.4. The Labute approximate surface area is 342 Å². The molecule has 2 aromatic carbocycles. The number of carbonyl (C=O) groups is 5. The first-order valence-corrected chi connectivity index (χ1v) is 18.8. The molecule has 2 aromatic heterocycles. The lowest BCUT2D eigenvalue weighted by Crippen LogP contribution is -2.44. The molecule has 0 bridgehead atoms. The van der Waals surface area contributed by atoms with Crippen molar-refractivity contribution in [3.8, 4) is 0 Å². The van der Waals surface area contributed by atoms with E-state index in [0.717, 1.165) is 4.68 Å². The predicted molar refractivity (Wildman–Crippen MR) is 212 cm³/mol. The molecule has 0 unspecified atom stereocenters. The number of carbonyl (C=O) groups excluding carboxylic acids is 5. The number of hydrogen-bond donors (Lipinski definition) is 0. The first-order valence-electron chi connectivity index (χ1n) is 18.8. The number of ether oxygens (including phenoxy) is 5. The van der Waals surface area contributed by atoms with Crippen LogP contribution >= 0.6 is 0 Å². The number of anilines is 1. The van der Waals surface area contributed by atoms with E-state index >= 15 is 0 Å².